The van der Waals surface area contributed by atoms with Gasteiger partial charge in [-0.25, -0.2) is 0 Å². The molecule has 2 nitrogen and oxygen atoms in total. The molecule has 2 N–H and O–H groups in total. The molecule has 0 aliphatic carbocycles. The van der Waals surface area contributed by atoms with Gasteiger partial charge in [0.15, 0.2) is 0 Å². The van der Waals surface area contributed by atoms with E-state index in [4.69, 9.17) is 5.73 Å². The molecule has 0 amide bonds. The summed E-state index contributed by atoms with van der Waals surface area (Å²) in [6.45, 7) is 7.04. The van der Waals surface area contributed by atoms with Crippen LogP contribution >= 0.6 is 11.3 Å². The predicted octanol–water partition coefficient (Wildman–Crippen LogP) is 2.15. The van der Waals surface area contributed by atoms with Crippen molar-refractivity contribution in [1.82, 2.24) is 4.90 Å². The maximum absolute atomic E-state index is 5.34. The molecule has 1 aromatic rings. The Morgan fingerprint density at radius 1 is 1.50 bits per heavy atom. The Kier molecular flexibility index (Phi) is 5.54. The van der Waals surface area contributed by atoms with Crippen molar-refractivity contribution in [3.8, 4) is 11.8 Å². The molecular formula is C13H20N2S. The molecule has 88 valence electrons. The third-order valence-electron chi connectivity index (χ3n) is 2.09. The molecule has 1 rings (SSSR count). The van der Waals surface area contributed by atoms with Gasteiger partial charge in [0.05, 0.1) is 6.54 Å². The van der Waals surface area contributed by atoms with Gasteiger partial charge in [-0.05, 0) is 19.0 Å². The molecule has 0 fully saturated rings. The Labute approximate surface area is 102 Å². The van der Waals surface area contributed by atoms with E-state index in [-0.39, 0.29) is 0 Å². The first-order chi connectivity index (χ1) is 7.61. The van der Waals surface area contributed by atoms with Gasteiger partial charge >= 0.3 is 0 Å². The van der Waals surface area contributed by atoms with Crippen LogP contribution in [0, 0.1) is 17.8 Å². The van der Waals surface area contributed by atoms with Crippen molar-refractivity contribution < 1.29 is 0 Å². The van der Waals surface area contributed by atoms with Crippen LogP contribution in [0.5, 0.6) is 0 Å². The highest BCUT2D eigenvalue weighted by Crippen LogP contribution is 2.16. The van der Waals surface area contributed by atoms with Gasteiger partial charge in [0, 0.05) is 28.9 Å². The van der Waals surface area contributed by atoms with Crippen LogP contribution in [0.4, 0.5) is 0 Å². The zero-order chi connectivity index (χ0) is 12.0. The van der Waals surface area contributed by atoms with Gasteiger partial charge in [-0.15, -0.1) is 11.3 Å². The van der Waals surface area contributed by atoms with Gasteiger partial charge in [-0.2, -0.15) is 0 Å². The van der Waals surface area contributed by atoms with Crippen molar-refractivity contribution >= 4 is 11.3 Å². The van der Waals surface area contributed by atoms with E-state index in [1.807, 2.05) is 0 Å². The Morgan fingerprint density at radius 2 is 2.25 bits per heavy atom. The molecule has 1 heterocycles. The Hall–Kier alpha value is -0.820. The number of nitrogens with zero attached hydrogens (tertiary/aromatic N) is 1. The first-order valence-corrected chi connectivity index (χ1v) is 6.44. The highest BCUT2D eigenvalue weighted by molar-refractivity contribution is 7.10. The Balaban J connectivity index is 2.51. The van der Waals surface area contributed by atoms with Crippen LogP contribution in [0.2, 0.25) is 0 Å². The molecule has 0 radical (unpaired) electrons. The Bertz CT molecular complexity index is 371. The first kappa shape index (κ1) is 13.2. The normalized spacial score (nSPS) is 10.6. The SMILES string of the molecule is CC(C)CN(C)Cc1cc(C#CCN)cs1. The maximum atomic E-state index is 5.34. The van der Waals surface area contributed by atoms with Crippen molar-refractivity contribution in [3.63, 3.8) is 0 Å². The van der Waals surface area contributed by atoms with Crippen molar-refractivity contribution in [3.05, 3.63) is 21.9 Å². The number of hydrogen-bond acceptors (Lipinski definition) is 3. The lowest BCUT2D eigenvalue weighted by Gasteiger charge is -2.17. The molecule has 0 bridgehead atoms. The quantitative estimate of drug-likeness (QED) is 0.812. The van der Waals surface area contributed by atoms with Gasteiger partial charge in [0.1, 0.15) is 0 Å². The lowest BCUT2D eigenvalue weighted by atomic mass is 10.2. The van der Waals surface area contributed by atoms with E-state index in [0.29, 0.717) is 12.5 Å². The van der Waals surface area contributed by atoms with Gasteiger partial charge in [0.25, 0.3) is 0 Å². The van der Waals surface area contributed by atoms with Gasteiger partial charge in [-0.3, -0.25) is 0 Å². The summed E-state index contributed by atoms with van der Waals surface area (Å²) in [5.41, 5.74) is 6.43. The van der Waals surface area contributed by atoms with E-state index in [1.54, 1.807) is 11.3 Å². The van der Waals surface area contributed by atoms with Crippen LogP contribution in [0.25, 0.3) is 0 Å². The van der Waals surface area contributed by atoms with Crippen molar-refractivity contribution in [2.75, 3.05) is 20.1 Å². The molecule has 0 saturated heterocycles. The van der Waals surface area contributed by atoms with Crippen LogP contribution < -0.4 is 5.73 Å². The van der Waals surface area contributed by atoms with Crippen molar-refractivity contribution in [2.24, 2.45) is 11.7 Å². The molecule has 0 unspecified atom stereocenters. The standard InChI is InChI=1S/C13H20N2S/c1-11(2)8-15(3)9-13-7-12(10-16-13)5-4-6-14/h7,10-11H,6,8-9,14H2,1-3H3. The second-order valence-electron chi connectivity index (χ2n) is 4.40. The summed E-state index contributed by atoms with van der Waals surface area (Å²) in [4.78, 5) is 3.71. The fourth-order valence-corrected chi connectivity index (χ4v) is 2.53. The second kappa shape index (κ2) is 6.70. The molecule has 0 spiro atoms. The van der Waals surface area contributed by atoms with Crippen LogP contribution in [-0.4, -0.2) is 25.0 Å². The van der Waals surface area contributed by atoms with Crippen LogP contribution in [0.3, 0.4) is 0 Å². The number of nitrogens with two attached hydrogens (primary N) is 1. The smallest absolute Gasteiger partial charge is 0.0555 e. The number of rotatable bonds is 4. The highest BCUT2D eigenvalue weighted by atomic mass is 32.1. The van der Waals surface area contributed by atoms with Crippen LogP contribution in [-0.2, 0) is 6.54 Å². The monoisotopic (exact) mass is 236 g/mol. The van der Waals surface area contributed by atoms with Gasteiger partial charge in [0.2, 0.25) is 0 Å². The van der Waals surface area contributed by atoms with Crippen molar-refractivity contribution in [1.29, 1.82) is 0 Å². The minimum Gasteiger partial charge on any atom is -0.320 e. The summed E-state index contributed by atoms with van der Waals surface area (Å²) in [5, 5.41) is 2.10. The summed E-state index contributed by atoms with van der Waals surface area (Å²) in [7, 11) is 2.16. The summed E-state index contributed by atoms with van der Waals surface area (Å²) in [6, 6.07) is 2.16. The minimum absolute atomic E-state index is 0.429. The fraction of sp³-hybridized carbons (Fsp3) is 0.538. The predicted molar refractivity (Wildman–Crippen MR) is 71.4 cm³/mol. The van der Waals surface area contributed by atoms with Crippen molar-refractivity contribution in [2.45, 2.75) is 20.4 Å². The molecule has 3 heteroatoms. The third-order valence-corrected chi connectivity index (χ3v) is 3.01. The molecule has 1 aromatic heterocycles. The summed E-state index contributed by atoms with van der Waals surface area (Å²) >= 11 is 1.77. The first-order valence-electron chi connectivity index (χ1n) is 5.56. The van der Waals surface area contributed by atoms with Gasteiger partial charge in [-0.1, -0.05) is 25.7 Å². The van der Waals surface area contributed by atoms with Crippen LogP contribution in [0.1, 0.15) is 24.3 Å². The zero-order valence-corrected chi connectivity index (χ0v) is 11.1. The molecular weight excluding hydrogens is 216 g/mol. The Morgan fingerprint density at radius 3 is 2.88 bits per heavy atom. The van der Waals surface area contributed by atoms with E-state index >= 15 is 0 Å². The maximum Gasteiger partial charge on any atom is 0.0555 e. The average molecular weight is 236 g/mol. The van der Waals surface area contributed by atoms with Crippen LogP contribution in [0.15, 0.2) is 11.4 Å². The largest absolute Gasteiger partial charge is 0.320 e. The molecule has 16 heavy (non-hydrogen) atoms. The lowest BCUT2D eigenvalue weighted by molar-refractivity contribution is 0.290. The molecule has 0 aliphatic heterocycles. The second-order valence-corrected chi connectivity index (χ2v) is 5.39. The molecule has 0 saturated carbocycles. The fourth-order valence-electron chi connectivity index (χ4n) is 1.64. The van der Waals surface area contributed by atoms with E-state index < -0.39 is 0 Å². The van der Waals surface area contributed by atoms with E-state index in [2.05, 4.69) is 49.1 Å². The average Bonchev–Trinajstić information content (AvgIpc) is 2.61. The lowest BCUT2D eigenvalue weighted by Crippen LogP contribution is -2.22. The van der Waals surface area contributed by atoms with Gasteiger partial charge < -0.3 is 10.6 Å². The summed E-state index contributed by atoms with van der Waals surface area (Å²) in [5.74, 6) is 6.64. The molecule has 0 aliphatic rings. The molecule has 0 atom stereocenters. The zero-order valence-electron chi connectivity index (χ0n) is 10.3. The number of thiophene rings is 1. The summed E-state index contributed by atoms with van der Waals surface area (Å²) < 4.78 is 0. The van der Waals surface area contributed by atoms with E-state index in [0.717, 1.165) is 18.7 Å². The minimum atomic E-state index is 0.429. The van der Waals surface area contributed by atoms with E-state index in [9.17, 15) is 0 Å². The highest BCUT2D eigenvalue weighted by Gasteiger charge is 2.04. The number of hydrogen-bond donors (Lipinski definition) is 1. The van der Waals surface area contributed by atoms with E-state index in [1.165, 1.54) is 4.88 Å². The summed E-state index contributed by atoms with van der Waals surface area (Å²) in [6.07, 6.45) is 0. The molecule has 0 aromatic carbocycles. The topological polar surface area (TPSA) is 29.3 Å². The third kappa shape index (κ3) is 4.80.